The maximum Gasteiger partial charge on any atom is 0.165 e. The van der Waals surface area contributed by atoms with E-state index in [1.54, 1.807) is 0 Å². The third kappa shape index (κ3) is 3.59. The van der Waals surface area contributed by atoms with Crippen molar-refractivity contribution in [2.75, 3.05) is 26.2 Å². The molecule has 1 saturated heterocycles. The molecule has 7 nitrogen and oxygen atoms in total. The van der Waals surface area contributed by atoms with E-state index in [9.17, 15) is 5.11 Å². The predicted octanol–water partition coefficient (Wildman–Crippen LogP) is 0.285. The smallest absolute Gasteiger partial charge is 0.165 e. The lowest BCUT2D eigenvalue weighted by Gasteiger charge is -2.41. The molecule has 2 aliphatic rings. The lowest BCUT2D eigenvalue weighted by molar-refractivity contribution is 0.0324. The number of aliphatic hydroxyl groups is 1. The fraction of sp³-hybridized carbons (Fsp3) is 0.929. The molecule has 2 fully saturated rings. The lowest BCUT2D eigenvalue weighted by Crippen LogP contribution is -2.54. The van der Waals surface area contributed by atoms with Crippen LogP contribution in [0.1, 0.15) is 45.0 Å². The summed E-state index contributed by atoms with van der Waals surface area (Å²) in [5.74, 6) is 0.997. The summed E-state index contributed by atoms with van der Waals surface area (Å²) >= 11 is 0. The van der Waals surface area contributed by atoms with Crippen LogP contribution in [0.25, 0.3) is 0 Å². The van der Waals surface area contributed by atoms with Crippen molar-refractivity contribution >= 4 is 0 Å². The van der Waals surface area contributed by atoms with Gasteiger partial charge >= 0.3 is 0 Å². The van der Waals surface area contributed by atoms with E-state index in [1.807, 2.05) is 11.6 Å². The number of piperazine rings is 1. The van der Waals surface area contributed by atoms with E-state index in [4.69, 9.17) is 0 Å². The van der Waals surface area contributed by atoms with E-state index in [0.29, 0.717) is 12.1 Å². The Kier molecular flexibility index (Phi) is 4.51. The summed E-state index contributed by atoms with van der Waals surface area (Å²) < 4.78 is 2.00. The summed E-state index contributed by atoms with van der Waals surface area (Å²) in [5.41, 5.74) is 0. The molecular weight excluding hydrogens is 268 g/mol. The van der Waals surface area contributed by atoms with Crippen LogP contribution >= 0.6 is 0 Å². The third-order valence-corrected chi connectivity index (χ3v) is 4.48. The van der Waals surface area contributed by atoms with Gasteiger partial charge in [0.2, 0.25) is 0 Å². The van der Waals surface area contributed by atoms with E-state index in [0.717, 1.165) is 45.0 Å². The molecule has 21 heavy (non-hydrogen) atoms. The van der Waals surface area contributed by atoms with Gasteiger partial charge in [0.1, 0.15) is 0 Å². The first-order chi connectivity index (χ1) is 10.2. The Labute approximate surface area is 125 Å². The van der Waals surface area contributed by atoms with Crippen molar-refractivity contribution < 1.29 is 5.11 Å². The van der Waals surface area contributed by atoms with Gasteiger partial charge in [0.15, 0.2) is 5.82 Å². The Morgan fingerprint density at radius 1 is 1.33 bits per heavy atom. The van der Waals surface area contributed by atoms with E-state index in [-0.39, 0.29) is 6.10 Å². The van der Waals surface area contributed by atoms with Crippen LogP contribution in [-0.4, -0.2) is 73.4 Å². The second-order valence-electron chi connectivity index (χ2n) is 6.41. The topological polar surface area (TPSA) is 70.3 Å². The van der Waals surface area contributed by atoms with E-state index in [1.165, 1.54) is 12.8 Å². The van der Waals surface area contributed by atoms with Crippen molar-refractivity contribution in [1.82, 2.24) is 30.0 Å². The molecule has 2 atom stereocenters. The van der Waals surface area contributed by atoms with Crippen LogP contribution in [0.4, 0.5) is 0 Å². The van der Waals surface area contributed by atoms with Crippen LogP contribution in [0.15, 0.2) is 0 Å². The summed E-state index contributed by atoms with van der Waals surface area (Å²) in [5, 5.41) is 21.8. The molecule has 118 valence electrons. The summed E-state index contributed by atoms with van der Waals surface area (Å²) in [6, 6.07) is 1.05. The Bertz CT molecular complexity index is 458. The first-order valence-corrected chi connectivity index (χ1v) is 8.08. The fourth-order valence-corrected chi connectivity index (χ4v) is 3.19. The molecule has 1 N–H and O–H groups in total. The highest BCUT2D eigenvalue weighted by molar-refractivity contribution is 4.92. The van der Waals surface area contributed by atoms with Crippen LogP contribution < -0.4 is 0 Å². The average Bonchev–Trinajstić information content (AvgIpc) is 3.20. The molecule has 1 saturated carbocycles. The molecule has 0 amide bonds. The largest absolute Gasteiger partial charge is 0.392 e. The van der Waals surface area contributed by atoms with Gasteiger partial charge in [-0.3, -0.25) is 9.80 Å². The number of nitrogens with zero attached hydrogens (tertiary/aromatic N) is 6. The standard InChI is InChI=1S/C14H26N6O/c1-3-12-9-18(6-7-19(12)8-11(2)21)10-14-15-16-17-20(14)13-4-5-13/h11-13,21H,3-10H2,1-2H3/t11-,12-/m0/s1. The van der Waals surface area contributed by atoms with Crippen LogP contribution in [-0.2, 0) is 6.54 Å². The van der Waals surface area contributed by atoms with Gasteiger partial charge in [0.25, 0.3) is 0 Å². The van der Waals surface area contributed by atoms with Gasteiger partial charge < -0.3 is 5.11 Å². The molecular formula is C14H26N6O. The first kappa shape index (κ1) is 14.9. The fourth-order valence-electron chi connectivity index (χ4n) is 3.19. The second kappa shape index (κ2) is 6.37. The zero-order valence-electron chi connectivity index (χ0n) is 13.0. The van der Waals surface area contributed by atoms with E-state index < -0.39 is 0 Å². The minimum absolute atomic E-state index is 0.257. The quantitative estimate of drug-likeness (QED) is 0.813. The molecule has 0 spiro atoms. The maximum atomic E-state index is 9.61. The second-order valence-corrected chi connectivity index (χ2v) is 6.41. The molecule has 1 aliphatic carbocycles. The molecule has 1 aromatic rings. The number of aliphatic hydroxyl groups excluding tert-OH is 1. The number of hydrogen-bond acceptors (Lipinski definition) is 6. The van der Waals surface area contributed by atoms with Crippen molar-refractivity contribution in [2.45, 2.75) is 57.8 Å². The summed E-state index contributed by atoms with van der Waals surface area (Å²) in [6.45, 7) is 8.74. The lowest BCUT2D eigenvalue weighted by atomic mass is 10.1. The highest BCUT2D eigenvalue weighted by atomic mass is 16.3. The molecule has 0 unspecified atom stereocenters. The normalized spacial score (nSPS) is 26.1. The minimum atomic E-state index is -0.257. The molecule has 0 aromatic carbocycles. The van der Waals surface area contributed by atoms with Gasteiger partial charge in [-0.15, -0.1) is 5.10 Å². The SMILES string of the molecule is CC[C@H]1CN(Cc2nnnn2C2CC2)CCN1C[C@H](C)O. The zero-order chi connectivity index (χ0) is 14.8. The van der Waals surface area contributed by atoms with E-state index in [2.05, 4.69) is 32.2 Å². The van der Waals surface area contributed by atoms with Gasteiger partial charge in [0, 0.05) is 32.2 Å². The van der Waals surface area contributed by atoms with Crippen LogP contribution in [0.5, 0.6) is 0 Å². The molecule has 1 aliphatic heterocycles. The van der Waals surface area contributed by atoms with Crippen molar-refractivity contribution in [3.8, 4) is 0 Å². The molecule has 2 heterocycles. The van der Waals surface area contributed by atoms with Gasteiger partial charge in [-0.1, -0.05) is 6.92 Å². The van der Waals surface area contributed by atoms with Gasteiger partial charge in [0.05, 0.1) is 18.7 Å². The first-order valence-electron chi connectivity index (χ1n) is 8.08. The van der Waals surface area contributed by atoms with Crippen molar-refractivity contribution in [1.29, 1.82) is 0 Å². The Morgan fingerprint density at radius 3 is 2.81 bits per heavy atom. The van der Waals surface area contributed by atoms with Crippen molar-refractivity contribution in [3.63, 3.8) is 0 Å². The van der Waals surface area contributed by atoms with Crippen LogP contribution in [0, 0.1) is 0 Å². The Balaban J connectivity index is 1.58. The molecule has 7 heteroatoms. The molecule has 0 radical (unpaired) electrons. The van der Waals surface area contributed by atoms with Gasteiger partial charge in [-0.25, -0.2) is 4.68 Å². The number of β-amino-alcohol motifs (C(OH)–C–C–N with tert-alkyl or cyclic N) is 1. The summed E-state index contributed by atoms with van der Waals surface area (Å²) in [6.07, 6.45) is 3.26. The Morgan fingerprint density at radius 2 is 2.14 bits per heavy atom. The van der Waals surface area contributed by atoms with Gasteiger partial charge in [-0.2, -0.15) is 0 Å². The molecule has 1 aromatic heterocycles. The molecule has 3 rings (SSSR count). The number of hydrogen-bond donors (Lipinski definition) is 1. The predicted molar refractivity (Wildman–Crippen MR) is 78.7 cm³/mol. The average molecular weight is 294 g/mol. The highest BCUT2D eigenvalue weighted by Crippen LogP contribution is 2.34. The van der Waals surface area contributed by atoms with Gasteiger partial charge in [-0.05, 0) is 36.6 Å². The minimum Gasteiger partial charge on any atom is -0.392 e. The van der Waals surface area contributed by atoms with Crippen molar-refractivity contribution in [3.05, 3.63) is 5.82 Å². The molecule has 0 bridgehead atoms. The third-order valence-electron chi connectivity index (χ3n) is 4.48. The summed E-state index contributed by atoms with van der Waals surface area (Å²) in [7, 11) is 0. The number of tetrazole rings is 1. The van der Waals surface area contributed by atoms with Crippen LogP contribution in [0.3, 0.4) is 0 Å². The monoisotopic (exact) mass is 294 g/mol. The highest BCUT2D eigenvalue weighted by Gasteiger charge is 2.30. The van der Waals surface area contributed by atoms with E-state index >= 15 is 0 Å². The maximum absolute atomic E-state index is 9.61. The summed E-state index contributed by atoms with van der Waals surface area (Å²) in [4.78, 5) is 4.85. The zero-order valence-corrected chi connectivity index (χ0v) is 13.0. The van der Waals surface area contributed by atoms with Crippen molar-refractivity contribution in [2.24, 2.45) is 0 Å². The van der Waals surface area contributed by atoms with Crippen LogP contribution in [0.2, 0.25) is 0 Å². The Hall–Kier alpha value is -1.05. The number of rotatable bonds is 6. The number of aromatic nitrogens is 4.